The third kappa shape index (κ3) is 10.2. The molecule has 0 spiro atoms. The number of hydrogen-bond acceptors (Lipinski definition) is 2. The Morgan fingerprint density at radius 2 is 1.67 bits per heavy atom. The van der Waals surface area contributed by atoms with Gasteiger partial charge in [-0.1, -0.05) is 27.7 Å². The molecular weight excluding hydrogens is 186 g/mol. The molecule has 15 heavy (non-hydrogen) atoms. The maximum absolute atomic E-state index is 5.89. The van der Waals surface area contributed by atoms with Crippen LogP contribution in [-0.2, 0) is 4.74 Å². The summed E-state index contributed by atoms with van der Waals surface area (Å²) in [4.78, 5) is 0. The molecule has 0 aromatic heterocycles. The van der Waals surface area contributed by atoms with Gasteiger partial charge in [0.1, 0.15) is 0 Å². The quantitative estimate of drug-likeness (QED) is 0.658. The lowest BCUT2D eigenvalue weighted by molar-refractivity contribution is -0.0261. The molecule has 0 fully saturated rings. The molecule has 0 aliphatic rings. The minimum atomic E-state index is -0.0412. The van der Waals surface area contributed by atoms with Crippen LogP contribution in [0.5, 0.6) is 0 Å². The zero-order valence-electron chi connectivity index (χ0n) is 11.4. The molecule has 2 nitrogen and oxygen atoms in total. The number of rotatable bonds is 7. The van der Waals surface area contributed by atoms with Crippen molar-refractivity contribution in [1.29, 1.82) is 0 Å². The Balaban J connectivity index is 3.64. The lowest BCUT2D eigenvalue weighted by Gasteiger charge is -2.28. The van der Waals surface area contributed by atoms with E-state index in [9.17, 15) is 0 Å². The fourth-order valence-electron chi connectivity index (χ4n) is 1.25. The molecule has 1 N–H and O–H groups in total. The average Bonchev–Trinajstić information content (AvgIpc) is 2.01. The van der Waals surface area contributed by atoms with Crippen molar-refractivity contribution >= 4 is 0 Å². The molecule has 0 aliphatic carbocycles. The first-order valence-electron chi connectivity index (χ1n) is 6.11. The summed E-state index contributed by atoms with van der Waals surface area (Å²) in [6.45, 7) is 16.1. The van der Waals surface area contributed by atoms with Crippen LogP contribution in [0.4, 0.5) is 0 Å². The van der Waals surface area contributed by atoms with Crippen molar-refractivity contribution in [2.75, 3.05) is 19.7 Å². The van der Waals surface area contributed by atoms with E-state index < -0.39 is 0 Å². The molecule has 2 heteroatoms. The molecule has 0 atom stereocenters. The summed E-state index contributed by atoms with van der Waals surface area (Å²) < 4.78 is 5.89. The summed E-state index contributed by atoms with van der Waals surface area (Å²) in [5.41, 5.74) is 0.327. The van der Waals surface area contributed by atoms with Crippen molar-refractivity contribution < 1.29 is 4.74 Å². The summed E-state index contributed by atoms with van der Waals surface area (Å²) in [5.74, 6) is 0. The molecule has 0 aromatic carbocycles. The first kappa shape index (κ1) is 14.9. The van der Waals surface area contributed by atoms with Crippen molar-refractivity contribution in [3.05, 3.63) is 0 Å². The topological polar surface area (TPSA) is 21.3 Å². The molecule has 0 radical (unpaired) electrons. The van der Waals surface area contributed by atoms with Gasteiger partial charge in [-0.3, -0.25) is 0 Å². The first-order chi connectivity index (χ1) is 6.77. The van der Waals surface area contributed by atoms with Crippen LogP contribution in [0.2, 0.25) is 0 Å². The Bertz CT molecular complexity index is 158. The Labute approximate surface area is 95.8 Å². The van der Waals surface area contributed by atoms with E-state index in [0.717, 1.165) is 26.1 Å². The van der Waals surface area contributed by atoms with Crippen LogP contribution in [0.1, 0.15) is 54.4 Å². The Morgan fingerprint density at radius 1 is 1.07 bits per heavy atom. The molecule has 0 aliphatic heterocycles. The number of hydrogen-bond donors (Lipinski definition) is 1. The van der Waals surface area contributed by atoms with Gasteiger partial charge in [-0.05, 0) is 38.6 Å². The summed E-state index contributed by atoms with van der Waals surface area (Å²) in [6, 6.07) is 0. The van der Waals surface area contributed by atoms with Crippen LogP contribution in [0.15, 0.2) is 0 Å². The summed E-state index contributed by atoms with van der Waals surface area (Å²) in [5, 5.41) is 3.40. The Hall–Kier alpha value is -0.0800. The number of nitrogens with one attached hydrogen (secondary N) is 1. The fourth-order valence-corrected chi connectivity index (χ4v) is 1.25. The Kier molecular flexibility index (Phi) is 6.46. The molecule has 0 saturated carbocycles. The Morgan fingerprint density at radius 3 is 2.13 bits per heavy atom. The molecule has 92 valence electrons. The van der Waals surface area contributed by atoms with E-state index in [1.165, 1.54) is 6.42 Å². The van der Waals surface area contributed by atoms with Crippen LogP contribution >= 0.6 is 0 Å². The smallest absolute Gasteiger partial charge is 0.0750 e. The molecule has 0 amide bonds. The van der Waals surface area contributed by atoms with E-state index in [1.54, 1.807) is 0 Å². The van der Waals surface area contributed by atoms with Gasteiger partial charge in [-0.2, -0.15) is 0 Å². The van der Waals surface area contributed by atoms with Crippen molar-refractivity contribution in [2.24, 2.45) is 5.41 Å². The average molecular weight is 215 g/mol. The highest BCUT2D eigenvalue weighted by atomic mass is 16.5. The van der Waals surface area contributed by atoms with Gasteiger partial charge in [0.25, 0.3) is 0 Å². The monoisotopic (exact) mass is 215 g/mol. The van der Waals surface area contributed by atoms with E-state index in [4.69, 9.17) is 4.74 Å². The molecule has 0 heterocycles. The van der Waals surface area contributed by atoms with Crippen molar-refractivity contribution in [3.63, 3.8) is 0 Å². The number of ether oxygens (including phenoxy) is 1. The highest BCUT2D eigenvalue weighted by Crippen LogP contribution is 2.19. The van der Waals surface area contributed by atoms with E-state index >= 15 is 0 Å². The van der Waals surface area contributed by atoms with Crippen LogP contribution in [0.3, 0.4) is 0 Å². The lowest BCUT2D eigenvalue weighted by Crippen LogP contribution is -2.38. The van der Waals surface area contributed by atoms with Crippen LogP contribution < -0.4 is 5.32 Å². The SMILES string of the molecule is CCCNCC(C)(C)OCCC(C)(C)C. The zero-order chi connectivity index (χ0) is 11.9. The van der Waals surface area contributed by atoms with Crippen molar-refractivity contribution in [3.8, 4) is 0 Å². The highest BCUT2D eigenvalue weighted by molar-refractivity contribution is 4.72. The van der Waals surface area contributed by atoms with Gasteiger partial charge < -0.3 is 10.1 Å². The van der Waals surface area contributed by atoms with Gasteiger partial charge in [-0.15, -0.1) is 0 Å². The molecule has 0 rings (SSSR count). The van der Waals surface area contributed by atoms with E-state index in [-0.39, 0.29) is 5.60 Å². The van der Waals surface area contributed by atoms with E-state index in [2.05, 4.69) is 46.9 Å². The zero-order valence-corrected chi connectivity index (χ0v) is 11.4. The molecule has 0 saturated heterocycles. The third-order valence-corrected chi connectivity index (χ3v) is 2.32. The summed E-state index contributed by atoms with van der Waals surface area (Å²) in [6.07, 6.45) is 2.29. The first-order valence-corrected chi connectivity index (χ1v) is 6.11. The van der Waals surface area contributed by atoms with Crippen LogP contribution in [-0.4, -0.2) is 25.3 Å². The maximum atomic E-state index is 5.89. The van der Waals surface area contributed by atoms with Crippen LogP contribution in [0.25, 0.3) is 0 Å². The van der Waals surface area contributed by atoms with E-state index in [0.29, 0.717) is 5.41 Å². The van der Waals surface area contributed by atoms with Gasteiger partial charge in [0.15, 0.2) is 0 Å². The van der Waals surface area contributed by atoms with E-state index in [1.807, 2.05) is 0 Å². The normalized spacial score (nSPS) is 13.2. The standard InChI is InChI=1S/C13H29NO/c1-7-9-14-11-13(5,6)15-10-8-12(2,3)4/h14H,7-11H2,1-6H3. The van der Waals surface area contributed by atoms with Gasteiger partial charge >= 0.3 is 0 Å². The predicted octanol–water partition coefficient (Wildman–Crippen LogP) is 3.22. The third-order valence-electron chi connectivity index (χ3n) is 2.32. The second-order valence-corrected chi connectivity index (χ2v) is 6.10. The molecule has 0 aromatic rings. The minimum Gasteiger partial charge on any atom is -0.374 e. The van der Waals surface area contributed by atoms with Crippen molar-refractivity contribution in [1.82, 2.24) is 5.32 Å². The second kappa shape index (κ2) is 6.49. The highest BCUT2D eigenvalue weighted by Gasteiger charge is 2.19. The van der Waals surface area contributed by atoms with Gasteiger partial charge in [0, 0.05) is 13.2 Å². The van der Waals surface area contributed by atoms with Gasteiger partial charge in [0.05, 0.1) is 5.60 Å². The molecular formula is C13H29NO. The van der Waals surface area contributed by atoms with Gasteiger partial charge in [-0.25, -0.2) is 0 Å². The lowest BCUT2D eigenvalue weighted by atomic mass is 9.93. The summed E-state index contributed by atoms with van der Waals surface area (Å²) in [7, 11) is 0. The predicted molar refractivity (Wildman–Crippen MR) is 67.3 cm³/mol. The molecule has 0 bridgehead atoms. The fraction of sp³-hybridized carbons (Fsp3) is 1.00. The largest absolute Gasteiger partial charge is 0.374 e. The summed E-state index contributed by atoms with van der Waals surface area (Å²) >= 11 is 0. The van der Waals surface area contributed by atoms with Crippen molar-refractivity contribution in [2.45, 2.75) is 60.0 Å². The van der Waals surface area contributed by atoms with Gasteiger partial charge in [0.2, 0.25) is 0 Å². The molecule has 0 unspecified atom stereocenters. The van der Waals surface area contributed by atoms with Crippen LogP contribution in [0, 0.1) is 5.41 Å². The minimum absolute atomic E-state index is 0.0412. The second-order valence-electron chi connectivity index (χ2n) is 6.10. The maximum Gasteiger partial charge on any atom is 0.0750 e.